The Morgan fingerprint density at radius 3 is 2.80 bits per heavy atom. The van der Waals surface area contributed by atoms with E-state index < -0.39 is 0 Å². The van der Waals surface area contributed by atoms with Gasteiger partial charge in [-0.15, -0.1) is 11.3 Å². The highest BCUT2D eigenvalue weighted by Gasteiger charge is 2.26. The lowest BCUT2D eigenvalue weighted by molar-refractivity contribution is -0.0334. The monoisotopic (exact) mass is 437 g/mol. The number of morpholine rings is 2. The molecule has 2 saturated heterocycles. The van der Waals surface area contributed by atoms with Crippen LogP contribution >= 0.6 is 11.3 Å². The average Bonchev–Trinajstić information content (AvgIpc) is 3.27. The van der Waals surface area contributed by atoms with Crippen molar-refractivity contribution in [2.24, 2.45) is 10.9 Å². The second-order valence-corrected chi connectivity index (χ2v) is 9.31. The molecule has 0 aliphatic carbocycles. The summed E-state index contributed by atoms with van der Waals surface area (Å²) in [4.78, 5) is 11.3. The van der Waals surface area contributed by atoms with Crippen LogP contribution in [0.25, 0.3) is 0 Å². The van der Waals surface area contributed by atoms with Gasteiger partial charge in [0.15, 0.2) is 5.96 Å². The van der Waals surface area contributed by atoms with E-state index in [9.17, 15) is 0 Å². The molecule has 3 unspecified atom stereocenters. The first-order valence-corrected chi connectivity index (χ1v) is 12.2. The molecule has 170 valence electrons. The maximum Gasteiger partial charge on any atom is 0.191 e. The summed E-state index contributed by atoms with van der Waals surface area (Å²) < 4.78 is 11.2. The van der Waals surface area contributed by atoms with Gasteiger partial charge in [-0.05, 0) is 31.2 Å². The summed E-state index contributed by atoms with van der Waals surface area (Å²) in [5.74, 6) is 1.43. The molecule has 0 amide bonds. The Kier molecular flexibility index (Phi) is 9.87. The van der Waals surface area contributed by atoms with E-state index in [1.165, 1.54) is 4.88 Å². The van der Waals surface area contributed by atoms with Crippen LogP contribution in [0, 0.1) is 5.92 Å². The van der Waals surface area contributed by atoms with Crippen molar-refractivity contribution in [3.8, 4) is 0 Å². The van der Waals surface area contributed by atoms with Gasteiger partial charge in [-0.25, -0.2) is 0 Å². The summed E-state index contributed by atoms with van der Waals surface area (Å²) in [5, 5.41) is 9.19. The van der Waals surface area contributed by atoms with Crippen LogP contribution < -0.4 is 10.6 Å². The van der Waals surface area contributed by atoms with Crippen LogP contribution in [0.2, 0.25) is 0 Å². The third kappa shape index (κ3) is 7.50. The third-order valence-electron chi connectivity index (χ3n) is 5.63. The molecule has 7 nitrogen and oxygen atoms in total. The summed E-state index contributed by atoms with van der Waals surface area (Å²) in [6, 6.07) is 4.72. The van der Waals surface area contributed by atoms with E-state index in [0.29, 0.717) is 12.0 Å². The maximum absolute atomic E-state index is 5.76. The third-order valence-corrected chi connectivity index (χ3v) is 6.60. The molecule has 2 aliphatic rings. The topological polar surface area (TPSA) is 61.4 Å². The first-order chi connectivity index (χ1) is 14.7. The van der Waals surface area contributed by atoms with Crippen molar-refractivity contribution in [2.45, 2.75) is 32.9 Å². The van der Waals surface area contributed by atoms with E-state index in [-0.39, 0.29) is 6.10 Å². The molecule has 30 heavy (non-hydrogen) atoms. The van der Waals surface area contributed by atoms with Crippen LogP contribution in [-0.2, 0) is 9.47 Å². The predicted octanol–water partition coefficient (Wildman–Crippen LogP) is 2.03. The van der Waals surface area contributed by atoms with Crippen molar-refractivity contribution < 1.29 is 9.47 Å². The standard InChI is InChI=1S/C22H39N5O2S/c1-4-23-22(24-14-18(2)16-26-7-10-28-11-8-26)25-15-20(21-6-5-13-30-21)27-9-12-29-19(3)17-27/h5-6,13,18-20H,4,7-12,14-17H2,1-3H3,(H2,23,24,25). The van der Waals surface area contributed by atoms with E-state index >= 15 is 0 Å². The minimum Gasteiger partial charge on any atom is -0.379 e. The van der Waals surface area contributed by atoms with E-state index in [1.807, 2.05) is 11.3 Å². The molecule has 1 aromatic rings. The summed E-state index contributed by atoms with van der Waals surface area (Å²) in [5.41, 5.74) is 0. The lowest BCUT2D eigenvalue weighted by Gasteiger charge is -2.37. The van der Waals surface area contributed by atoms with E-state index in [0.717, 1.165) is 78.1 Å². The SMILES string of the molecule is CCNC(=NCC(C)CN1CCOCC1)NCC(c1cccs1)N1CCOC(C)C1. The smallest absolute Gasteiger partial charge is 0.191 e. The van der Waals surface area contributed by atoms with Gasteiger partial charge in [0.05, 0.1) is 32.0 Å². The van der Waals surface area contributed by atoms with Gasteiger partial charge in [0, 0.05) is 57.2 Å². The molecule has 0 aromatic carbocycles. The zero-order valence-corrected chi connectivity index (χ0v) is 19.6. The molecule has 3 atom stereocenters. The predicted molar refractivity (Wildman–Crippen MR) is 124 cm³/mol. The summed E-state index contributed by atoms with van der Waals surface area (Å²) in [6.45, 7) is 16.7. The van der Waals surface area contributed by atoms with E-state index in [4.69, 9.17) is 14.5 Å². The summed E-state index contributed by atoms with van der Waals surface area (Å²) in [7, 11) is 0. The van der Waals surface area contributed by atoms with Crippen LogP contribution in [0.4, 0.5) is 0 Å². The van der Waals surface area contributed by atoms with E-state index in [1.54, 1.807) is 0 Å². The van der Waals surface area contributed by atoms with Gasteiger partial charge < -0.3 is 20.1 Å². The van der Waals surface area contributed by atoms with Crippen molar-refractivity contribution in [3.05, 3.63) is 22.4 Å². The maximum atomic E-state index is 5.76. The molecule has 0 bridgehead atoms. The molecule has 2 aliphatic heterocycles. The average molecular weight is 438 g/mol. The molecule has 2 N–H and O–H groups in total. The Labute approximate surface area is 185 Å². The van der Waals surface area contributed by atoms with Crippen LogP contribution in [0.15, 0.2) is 22.5 Å². The Bertz CT molecular complexity index is 621. The van der Waals surface area contributed by atoms with Crippen molar-refractivity contribution >= 4 is 17.3 Å². The molecule has 0 spiro atoms. The zero-order valence-electron chi connectivity index (χ0n) is 18.8. The fourth-order valence-electron chi connectivity index (χ4n) is 4.08. The number of ether oxygens (including phenoxy) is 2. The molecular weight excluding hydrogens is 398 g/mol. The number of rotatable bonds is 9. The lowest BCUT2D eigenvalue weighted by Crippen LogP contribution is -2.48. The van der Waals surface area contributed by atoms with Gasteiger partial charge >= 0.3 is 0 Å². The number of hydrogen-bond donors (Lipinski definition) is 2. The quantitative estimate of drug-likeness (QED) is 0.455. The van der Waals surface area contributed by atoms with Crippen molar-refractivity contribution in [3.63, 3.8) is 0 Å². The molecule has 0 saturated carbocycles. The van der Waals surface area contributed by atoms with Crippen LogP contribution in [0.1, 0.15) is 31.7 Å². The number of nitrogens with zero attached hydrogens (tertiary/aromatic N) is 3. The fourth-order valence-corrected chi connectivity index (χ4v) is 4.94. The van der Waals surface area contributed by atoms with Crippen molar-refractivity contribution in [2.75, 3.05) is 72.2 Å². The zero-order chi connectivity index (χ0) is 21.2. The number of nitrogens with one attached hydrogen (secondary N) is 2. The number of thiophene rings is 1. The van der Waals surface area contributed by atoms with Gasteiger partial charge in [0.2, 0.25) is 0 Å². The second kappa shape index (κ2) is 12.6. The molecular formula is C22H39N5O2S. The largest absolute Gasteiger partial charge is 0.379 e. The van der Waals surface area contributed by atoms with E-state index in [2.05, 4.69) is 58.7 Å². The number of aliphatic imine (C=N–C) groups is 1. The molecule has 2 fully saturated rings. The highest BCUT2D eigenvalue weighted by molar-refractivity contribution is 7.10. The molecule has 3 heterocycles. The first-order valence-electron chi connectivity index (χ1n) is 11.4. The molecule has 8 heteroatoms. The van der Waals surface area contributed by atoms with Gasteiger partial charge in [0.25, 0.3) is 0 Å². The molecule has 0 radical (unpaired) electrons. The molecule has 1 aromatic heterocycles. The number of hydrogen-bond acceptors (Lipinski definition) is 6. The Balaban J connectivity index is 1.55. The Hall–Kier alpha value is -1.19. The van der Waals surface area contributed by atoms with Crippen LogP contribution in [-0.4, -0.2) is 94.0 Å². The first kappa shape index (κ1) is 23.5. The normalized spacial score (nSPS) is 23.8. The summed E-state index contributed by atoms with van der Waals surface area (Å²) >= 11 is 1.83. The van der Waals surface area contributed by atoms with Crippen LogP contribution in [0.5, 0.6) is 0 Å². The fraction of sp³-hybridized carbons (Fsp3) is 0.773. The van der Waals surface area contributed by atoms with Gasteiger partial charge in [-0.2, -0.15) is 0 Å². The lowest BCUT2D eigenvalue weighted by atomic mass is 10.1. The van der Waals surface area contributed by atoms with Gasteiger partial charge in [-0.3, -0.25) is 14.8 Å². The van der Waals surface area contributed by atoms with Gasteiger partial charge in [0.1, 0.15) is 0 Å². The minimum atomic E-state index is 0.282. The van der Waals surface area contributed by atoms with Crippen molar-refractivity contribution in [1.29, 1.82) is 0 Å². The molecule has 3 rings (SSSR count). The van der Waals surface area contributed by atoms with Crippen LogP contribution in [0.3, 0.4) is 0 Å². The van der Waals surface area contributed by atoms with Gasteiger partial charge in [-0.1, -0.05) is 13.0 Å². The highest BCUT2D eigenvalue weighted by Crippen LogP contribution is 2.26. The summed E-state index contributed by atoms with van der Waals surface area (Å²) in [6.07, 6.45) is 0.282. The van der Waals surface area contributed by atoms with Crippen molar-refractivity contribution in [1.82, 2.24) is 20.4 Å². The minimum absolute atomic E-state index is 0.282. The Morgan fingerprint density at radius 1 is 1.27 bits per heavy atom. The Morgan fingerprint density at radius 2 is 2.10 bits per heavy atom. The number of guanidine groups is 1. The highest BCUT2D eigenvalue weighted by atomic mass is 32.1. The second-order valence-electron chi connectivity index (χ2n) is 8.33.